The molecule has 0 aromatic heterocycles. The van der Waals surface area contributed by atoms with E-state index in [2.05, 4.69) is 5.32 Å². The molecule has 6 heteroatoms. The van der Waals surface area contributed by atoms with Gasteiger partial charge in [0.25, 0.3) is 0 Å². The summed E-state index contributed by atoms with van der Waals surface area (Å²) < 4.78 is 13.5. The molecule has 1 aromatic rings. The van der Waals surface area contributed by atoms with Gasteiger partial charge < -0.3 is 15.1 Å². The van der Waals surface area contributed by atoms with E-state index in [1.165, 1.54) is 17.0 Å². The molecule has 1 N–H and O–H groups in total. The number of benzene rings is 1. The maximum absolute atomic E-state index is 13.5. The highest BCUT2D eigenvalue weighted by atomic mass is 19.1. The highest BCUT2D eigenvalue weighted by Gasteiger charge is 2.27. The summed E-state index contributed by atoms with van der Waals surface area (Å²) in [5.74, 6) is -0.246. The van der Waals surface area contributed by atoms with Crippen molar-refractivity contribution in [1.29, 1.82) is 0 Å². The predicted molar refractivity (Wildman–Crippen MR) is 86.3 cm³/mol. The van der Waals surface area contributed by atoms with Crippen molar-refractivity contribution >= 4 is 11.8 Å². The normalized spacial score (nSPS) is 17.9. The van der Waals surface area contributed by atoms with Gasteiger partial charge in [-0.15, -0.1) is 0 Å². The van der Waals surface area contributed by atoms with E-state index in [4.69, 9.17) is 0 Å². The molecule has 0 bridgehead atoms. The molecule has 0 radical (unpaired) electrons. The summed E-state index contributed by atoms with van der Waals surface area (Å²) in [7, 11) is 3.42. The third-order valence-corrected chi connectivity index (χ3v) is 4.08. The first-order valence-electron chi connectivity index (χ1n) is 7.95. The van der Waals surface area contributed by atoms with Crippen LogP contribution in [-0.4, -0.2) is 55.3 Å². The minimum Gasteiger partial charge on any atom is -0.349 e. The quantitative estimate of drug-likeness (QED) is 0.895. The van der Waals surface area contributed by atoms with Crippen molar-refractivity contribution in [3.63, 3.8) is 0 Å². The summed E-state index contributed by atoms with van der Waals surface area (Å²) in [6, 6.07) is 6.23. The maximum Gasteiger partial charge on any atom is 0.223 e. The smallest absolute Gasteiger partial charge is 0.223 e. The number of nitrogens with one attached hydrogen (secondary N) is 1. The molecule has 1 heterocycles. The predicted octanol–water partition coefficient (Wildman–Crippen LogP) is 1.56. The second-order valence-electron chi connectivity index (χ2n) is 6.00. The molecule has 1 saturated heterocycles. The van der Waals surface area contributed by atoms with E-state index < -0.39 is 0 Å². The number of piperazine rings is 1. The topological polar surface area (TPSA) is 52.7 Å². The van der Waals surface area contributed by atoms with Crippen molar-refractivity contribution in [2.75, 3.05) is 33.7 Å². The van der Waals surface area contributed by atoms with Crippen molar-refractivity contribution in [2.24, 2.45) is 0 Å². The second-order valence-corrected chi connectivity index (χ2v) is 6.00. The van der Waals surface area contributed by atoms with Crippen LogP contribution in [-0.2, 0) is 9.59 Å². The van der Waals surface area contributed by atoms with E-state index in [1.54, 1.807) is 25.1 Å². The molecule has 0 spiro atoms. The van der Waals surface area contributed by atoms with Crippen LogP contribution in [0.15, 0.2) is 24.3 Å². The first-order valence-corrected chi connectivity index (χ1v) is 7.95. The summed E-state index contributed by atoms with van der Waals surface area (Å²) in [4.78, 5) is 27.4. The Kier molecular flexibility index (Phi) is 6.10. The van der Waals surface area contributed by atoms with Crippen molar-refractivity contribution in [3.8, 4) is 0 Å². The lowest BCUT2D eigenvalue weighted by Crippen LogP contribution is -2.48. The van der Waals surface area contributed by atoms with Gasteiger partial charge in [-0.2, -0.15) is 0 Å². The van der Waals surface area contributed by atoms with Crippen LogP contribution in [0.25, 0.3) is 0 Å². The van der Waals surface area contributed by atoms with E-state index >= 15 is 0 Å². The minimum atomic E-state index is -0.294. The Morgan fingerprint density at radius 3 is 2.83 bits per heavy atom. The monoisotopic (exact) mass is 321 g/mol. The van der Waals surface area contributed by atoms with Gasteiger partial charge in [0.15, 0.2) is 0 Å². The molecule has 5 nitrogen and oxygen atoms in total. The summed E-state index contributed by atoms with van der Waals surface area (Å²) in [6.07, 6.45) is 1.25. The fourth-order valence-corrected chi connectivity index (χ4v) is 2.77. The Hall–Kier alpha value is -1.95. The van der Waals surface area contributed by atoms with Crippen molar-refractivity contribution in [2.45, 2.75) is 25.3 Å². The molecule has 1 fully saturated rings. The number of carbonyl (C=O) groups is 2. The zero-order valence-electron chi connectivity index (χ0n) is 13.7. The molecular weight excluding hydrogens is 297 g/mol. The lowest BCUT2D eigenvalue weighted by Gasteiger charge is -2.36. The van der Waals surface area contributed by atoms with E-state index in [0.717, 1.165) is 12.1 Å². The van der Waals surface area contributed by atoms with Gasteiger partial charge in [0, 0.05) is 46.6 Å². The Balaban J connectivity index is 1.97. The molecular formula is C17H24FN3O2. The van der Waals surface area contributed by atoms with Crippen molar-refractivity contribution in [3.05, 3.63) is 35.6 Å². The molecule has 1 unspecified atom stereocenters. The summed E-state index contributed by atoms with van der Waals surface area (Å²) in [5.41, 5.74) is 0.801. The maximum atomic E-state index is 13.5. The summed E-state index contributed by atoms with van der Waals surface area (Å²) in [6.45, 7) is 1.95. The zero-order chi connectivity index (χ0) is 16.8. The molecule has 1 atom stereocenters. The molecule has 23 heavy (non-hydrogen) atoms. The van der Waals surface area contributed by atoms with E-state index in [-0.39, 0.29) is 23.7 Å². The fraction of sp³-hybridized carbons (Fsp3) is 0.529. The Bertz CT molecular complexity index is 563. The number of carbonyl (C=O) groups excluding carboxylic acids is 2. The summed E-state index contributed by atoms with van der Waals surface area (Å²) >= 11 is 0. The number of hydrogen-bond acceptors (Lipinski definition) is 3. The molecule has 126 valence electrons. The van der Waals surface area contributed by atoms with Crippen molar-refractivity contribution in [1.82, 2.24) is 15.1 Å². The average molecular weight is 321 g/mol. The fourth-order valence-electron chi connectivity index (χ4n) is 2.77. The van der Waals surface area contributed by atoms with Gasteiger partial charge >= 0.3 is 0 Å². The lowest BCUT2D eigenvalue weighted by molar-refractivity contribution is -0.135. The van der Waals surface area contributed by atoms with Crippen LogP contribution in [0.2, 0.25) is 0 Å². The van der Waals surface area contributed by atoms with Gasteiger partial charge in [0.1, 0.15) is 5.82 Å². The number of nitrogens with zero attached hydrogens (tertiary/aromatic N) is 2. The van der Waals surface area contributed by atoms with E-state index in [9.17, 15) is 14.0 Å². The van der Waals surface area contributed by atoms with Crippen LogP contribution >= 0.6 is 0 Å². The summed E-state index contributed by atoms with van der Waals surface area (Å²) in [5, 5.41) is 3.25. The van der Waals surface area contributed by atoms with Crippen molar-refractivity contribution < 1.29 is 14.0 Å². The average Bonchev–Trinajstić information content (AvgIpc) is 2.54. The number of amides is 2. The van der Waals surface area contributed by atoms with Crippen LogP contribution in [0.3, 0.4) is 0 Å². The van der Waals surface area contributed by atoms with Gasteiger partial charge in [0.2, 0.25) is 11.8 Å². The van der Waals surface area contributed by atoms with Crippen LogP contribution in [0.4, 0.5) is 4.39 Å². The first-order chi connectivity index (χ1) is 11.0. The Labute approximate surface area is 136 Å². The van der Waals surface area contributed by atoms with Crippen LogP contribution in [0, 0.1) is 5.82 Å². The highest BCUT2D eigenvalue weighted by molar-refractivity contribution is 5.79. The molecule has 0 saturated carbocycles. The standard InChI is InChI=1S/C17H24FN3O2/c1-20(2)16(22)7-4-8-17(23)21-10-9-19-12-15(21)13-5-3-6-14(18)11-13/h3,5-6,11,15,19H,4,7-10,12H2,1-2H3. The number of rotatable bonds is 5. The molecule has 1 aliphatic rings. The molecule has 0 aliphatic carbocycles. The molecule has 1 aromatic carbocycles. The van der Waals surface area contributed by atoms with Gasteiger partial charge in [-0.1, -0.05) is 12.1 Å². The van der Waals surface area contributed by atoms with Gasteiger partial charge in [-0.3, -0.25) is 9.59 Å². The van der Waals surface area contributed by atoms with Gasteiger partial charge in [-0.25, -0.2) is 4.39 Å². The largest absolute Gasteiger partial charge is 0.349 e. The van der Waals surface area contributed by atoms with E-state index in [0.29, 0.717) is 32.4 Å². The minimum absolute atomic E-state index is 0.0207. The first kappa shape index (κ1) is 17.4. The van der Waals surface area contributed by atoms with E-state index in [1.807, 2.05) is 6.07 Å². The molecule has 2 rings (SSSR count). The molecule has 1 aliphatic heterocycles. The SMILES string of the molecule is CN(C)C(=O)CCCC(=O)N1CCNCC1c1cccc(F)c1. The van der Waals surface area contributed by atoms with Crippen LogP contribution in [0.5, 0.6) is 0 Å². The lowest BCUT2D eigenvalue weighted by atomic mass is 10.0. The second kappa shape index (κ2) is 8.06. The number of halogens is 1. The Morgan fingerprint density at radius 1 is 1.35 bits per heavy atom. The van der Waals surface area contributed by atoms with Gasteiger partial charge in [-0.05, 0) is 24.1 Å². The Morgan fingerprint density at radius 2 is 2.13 bits per heavy atom. The molecule has 2 amide bonds. The third-order valence-electron chi connectivity index (χ3n) is 4.08. The van der Waals surface area contributed by atoms with Crippen LogP contribution in [0.1, 0.15) is 30.9 Å². The van der Waals surface area contributed by atoms with Crippen LogP contribution < -0.4 is 5.32 Å². The van der Waals surface area contributed by atoms with Gasteiger partial charge in [0.05, 0.1) is 6.04 Å². The highest BCUT2D eigenvalue weighted by Crippen LogP contribution is 2.24. The zero-order valence-corrected chi connectivity index (χ0v) is 13.7. The third kappa shape index (κ3) is 4.76. The number of hydrogen-bond donors (Lipinski definition) is 1.